The van der Waals surface area contributed by atoms with Gasteiger partial charge in [0, 0.05) is 35.4 Å². The van der Waals surface area contributed by atoms with Crippen molar-refractivity contribution in [2.24, 2.45) is 5.92 Å². The Balaban J connectivity index is 1.46. The lowest BCUT2D eigenvalue weighted by atomic mass is 9.99. The molecule has 1 heterocycles. The molecule has 0 spiro atoms. The van der Waals surface area contributed by atoms with Crippen LogP contribution in [0.5, 0.6) is 0 Å². The van der Waals surface area contributed by atoms with Crippen molar-refractivity contribution < 1.29 is 18.7 Å². The molecular formula is C26H23F2N5O2. The Morgan fingerprint density at radius 1 is 1.11 bits per heavy atom. The van der Waals surface area contributed by atoms with Crippen LogP contribution in [0, 0.1) is 28.4 Å². The van der Waals surface area contributed by atoms with Crippen molar-refractivity contribution in [3.63, 3.8) is 0 Å². The van der Waals surface area contributed by atoms with E-state index in [0.29, 0.717) is 34.8 Å². The van der Waals surface area contributed by atoms with E-state index in [1.165, 1.54) is 30.6 Å². The standard InChI is InChI=1S/C26H23F2N5O2/c1-14(29)2-7-23(30)16-5-3-15(4-6-16)18-8-17(21(27)10-22(18)28)11-32-25-13-31-24(12-33-25)19-9-20(19)26(34)35/h2-8,10,12-13,19-20,29-30H,9,11H2,1H3,(H,32,33)(H,34,35)/b7-2-,29-14?,30-23?/t19-,20-/m1/s1. The van der Waals surface area contributed by atoms with Crippen LogP contribution in [0.25, 0.3) is 11.1 Å². The van der Waals surface area contributed by atoms with E-state index in [9.17, 15) is 13.6 Å². The quantitative estimate of drug-likeness (QED) is 0.317. The first kappa shape index (κ1) is 23.9. The number of nitrogens with one attached hydrogen (secondary N) is 3. The van der Waals surface area contributed by atoms with Crippen LogP contribution in [0.1, 0.15) is 36.1 Å². The maximum Gasteiger partial charge on any atom is 0.307 e. The Labute approximate surface area is 200 Å². The first-order chi connectivity index (χ1) is 16.7. The molecular weight excluding hydrogens is 452 g/mol. The summed E-state index contributed by atoms with van der Waals surface area (Å²) in [4.78, 5) is 19.5. The number of aromatic nitrogens is 2. The molecule has 1 saturated carbocycles. The second-order valence-electron chi connectivity index (χ2n) is 8.40. The summed E-state index contributed by atoms with van der Waals surface area (Å²) in [5.74, 6) is -2.40. The number of aliphatic carboxylic acids is 1. The second kappa shape index (κ2) is 9.92. The number of carboxylic acid groups (broad SMARTS) is 1. The molecule has 9 heteroatoms. The van der Waals surface area contributed by atoms with Gasteiger partial charge in [0.15, 0.2) is 0 Å². The fraction of sp³-hybridized carbons (Fsp3) is 0.192. The zero-order valence-electron chi connectivity index (χ0n) is 18.8. The largest absolute Gasteiger partial charge is 0.481 e. The number of benzene rings is 2. The van der Waals surface area contributed by atoms with Crippen LogP contribution >= 0.6 is 0 Å². The summed E-state index contributed by atoms with van der Waals surface area (Å²) in [7, 11) is 0. The van der Waals surface area contributed by atoms with Gasteiger partial charge in [-0.3, -0.25) is 9.78 Å². The molecule has 1 aliphatic rings. The lowest BCUT2D eigenvalue weighted by Crippen LogP contribution is -2.06. The Morgan fingerprint density at radius 2 is 1.86 bits per heavy atom. The Bertz CT molecular complexity index is 1320. The number of anilines is 1. The van der Waals surface area contributed by atoms with Gasteiger partial charge < -0.3 is 21.2 Å². The molecule has 0 saturated heterocycles. The van der Waals surface area contributed by atoms with E-state index in [-0.39, 0.29) is 29.3 Å². The zero-order chi connectivity index (χ0) is 25.1. The molecule has 1 aromatic heterocycles. The Morgan fingerprint density at radius 3 is 2.46 bits per heavy atom. The van der Waals surface area contributed by atoms with Crippen LogP contribution in [0.2, 0.25) is 0 Å². The third-order valence-electron chi connectivity index (χ3n) is 5.76. The van der Waals surface area contributed by atoms with Gasteiger partial charge in [0.05, 0.1) is 29.7 Å². The monoisotopic (exact) mass is 475 g/mol. The first-order valence-corrected chi connectivity index (χ1v) is 10.9. The second-order valence-corrected chi connectivity index (χ2v) is 8.40. The third-order valence-corrected chi connectivity index (χ3v) is 5.76. The van der Waals surface area contributed by atoms with Crippen molar-refractivity contribution in [1.82, 2.24) is 9.97 Å². The van der Waals surface area contributed by atoms with Gasteiger partial charge in [0.2, 0.25) is 0 Å². The fourth-order valence-corrected chi connectivity index (χ4v) is 3.69. The minimum absolute atomic E-state index is 0.0464. The summed E-state index contributed by atoms with van der Waals surface area (Å²) in [6.45, 7) is 1.66. The number of nitrogens with zero attached hydrogens (tertiary/aromatic N) is 2. The van der Waals surface area contributed by atoms with Crippen LogP contribution in [0.15, 0.2) is 60.9 Å². The molecule has 0 amide bonds. The van der Waals surface area contributed by atoms with Gasteiger partial charge >= 0.3 is 5.97 Å². The summed E-state index contributed by atoms with van der Waals surface area (Å²) in [5.41, 5.74) is 2.77. The van der Waals surface area contributed by atoms with Crippen molar-refractivity contribution in [3.8, 4) is 11.1 Å². The van der Waals surface area contributed by atoms with Crippen LogP contribution in [-0.4, -0.2) is 32.5 Å². The van der Waals surface area contributed by atoms with E-state index in [0.717, 1.165) is 6.07 Å². The van der Waals surface area contributed by atoms with Crippen molar-refractivity contribution >= 4 is 23.2 Å². The van der Waals surface area contributed by atoms with Crippen molar-refractivity contribution in [2.75, 3.05) is 5.32 Å². The highest BCUT2D eigenvalue weighted by Crippen LogP contribution is 2.46. The van der Waals surface area contributed by atoms with Crippen LogP contribution in [0.3, 0.4) is 0 Å². The molecule has 0 bridgehead atoms. The first-order valence-electron chi connectivity index (χ1n) is 10.9. The number of allylic oxidation sites excluding steroid dienone is 2. The van der Waals surface area contributed by atoms with Gasteiger partial charge in [0.1, 0.15) is 17.5 Å². The van der Waals surface area contributed by atoms with Gasteiger partial charge in [-0.1, -0.05) is 24.3 Å². The van der Waals surface area contributed by atoms with Gasteiger partial charge in [-0.25, -0.2) is 13.8 Å². The van der Waals surface area contributed by atoms with Crippen molar-refractivity contribution in [2.45, 2.75) is 25.8 Å². The van der Waals surface area contributed by atoms with Crippen molar-refractivity contribution in [1.29, 1.82) is 10.8 Å². The normalized spacial score (nSPS) is 16.8. The summed E-state index contributed by atoms with van der Waals surface area (Å²) >= 11 is 0. The predicted molar refractivity (Wildman–Crippen MR) is 129 cm³/mol. The Hall–Kier alpha value is -4.27. The van der Waals surface area contributed by atoms with Gasteiger partial charge in [-0.05, 0) is 42.7 Å². The average molecular weight is 475 g/mol. The third kappa shape index (κ3) is 5.63. The van der Waals surface area contributed by atoms with Gasteiger partial charge in [-0.15, -0.1) is 0 Å². The van der Waals surface area contributed by atoms with Gasteiger partial charge in [0.25, 0.3) is 0 Å². The van der Waals surface area contributed by atoms with Crippen LogP contribution < -0.4 is 5.32 Å². The molecule has 2 aromatic carbocycles. The van der Waals surface area contributed by atoms with Gasteiger partial charge in [-0.2, -0.15) is 0 Å². The smallest absolute Gasteiger partial charge is 0.307 e. The lowest BCUT2D eigenvalue weighted by Gasteiger charge is -2.11. The highest BCUT2D eigenvalue weighted by atomic mass is 19.1. The van der Waals surface area contributed by atoms with Crippen LogP contribution in [0.4, 0.5) is 14.6 Å². The molecule has 178 valence electrons. The summed E-state index contributed by atoms with van der Waals surface area (Å²) in [6, 6.07) is 8.94. The Kier molecular flexibility index (Phi) is 6.77. The zero-order valence-corrected chi connectivity index (χ0v) is 18.8. The highest BCUT2D eigenvalue weighted by molar-refractivity contribution is 6.09. The summed E-state index contributed by atoms with van der Waals surface area (Å²) in [6.07, 6.45) is 6.57. The molecule has 2 atom stereocenters. The molecule has 7 nitrogen and oxygen atoms in total. The molecule has 4 N–H and O–H groups in total. The number of carboxylic acids is 1. The van der Waals surface area contributed by atoms with E-state index in [2.05, 4.69) is 15.3 Å². The number of halogens is 2. The highest BCUT2D eigenvalue weighted by Gasteiger charge is 2.45. The maximum atomic E-state index is 14.6. The topological polar surface area (TPSA) is 123 Å². The minimum Gasteiger partial charge on any atom is -0.481 e. The van der Waals surface area contributed by atoms with E-state index in [1.54, 1.807) is 31.2 Å². The molecule has 3 aromatic rings. The van der Waals surface area contributed by atoms with E-state index >= 15 is 0 Å². The van der Waals surface area contributed by atoms with Crippen LogP contribution in [-0.2, 0) is 11.3 Å². The molecule has 0 radical (unpaired) electrons. The molecule has 0 aliphatic heterocycles. The predicted octanol–water partition coefficient (Wildman–Crippen LogP) is 5.19. The molecule has 1 fully saturated rings. The number of hydrogen-bond acceptors (Lipinski definition) is 6. The number of rotatable bonds is 9. The SMILES string of the molecule is CC(=N)/C=C\C(=N)c1ccc(-c2cc(CNc3cnc([C@@H]4C[C@H]4C(=O)O)cn3)c(F)cc2F)cc1. The van der Waals surface area contributed by atoms with E-state index in [1.807, 2.05) is 0 Å². The lowest BCUT2D eigenvalue weighted by molar-refractivity contribution is -0.138. The maximum absolute atomic E-state index is 14.6. The van der Waals surface area contributed by atoms with E-state index < -0.39 is 23.5 Å². The fourth-order valence-electron chi connectivity index (χ4n) is 3.69. The van der Waals surface area contributed by atoms with Crippen molar-refractivity contribution in [3.05, 3.63) is 89.4 Å². The summed E-state index contributed by atoms with van der Waals surface area (Å²) < 4.78 is 29.0. The average Bonchev–Trinajstić information content (AvgIpc) is 3.64. The molecule has 0 unspecified atom stereocenters. The minimum atomic E-state index is -0.843. The van der Waals surface area contributed by atoms with E-state index in [4.69, 9.17) is 15.9 Å². The molecule has 4 rings (SSSR count). The molecule has 35 heavy (non-hydrogen) atoms. The summed E-state index contributed by atoms with van der Waals surface area (Å²) in [5, 5.41) is 27.5. The number of carbonyl (C=O) groups is 1. The molecule has 1 aliphatic carbocycles. The number of hydrogen-bond donors (Lipinski definition) is 4.